The van der Waals surface area contributed by atoms with E-state index in [0.717, 1.165) is 36.2 Å². The van der Waals surface area contributed by atoms with Gasteiger partial charge in [-0.3, -0.25) is 0 Å². The molecule has 120 valence electrons. The van der Waals surface area contributed by atoms with Crippen LogP contribution in [0.2, 0.25) is 0 Å². The lowest BCUT2D eigenvalue weighted by Gasteiger charge is -2.02. The molecule has 0 N–H and O–H groups in total. The highest BCUT2D eigenvalue weighted by Gasteiger charge is 2.00. The first-order valence-corrected chi connectivity index (χ1v) is 8.03. The largest absolute Gasteiger partial charge is 0.248 e. The third kappa shape index (κ3) is 5.78. The van der Waals surface area contributed by atoms with Crippen molar-refractivity contribution in [3.05, 3.63) is 66.4 Å². The Bertz CT molecular complexity index is 628. The molecule has 1 atom stereocenters. The highest BCUT2D eigenvalue weighted by atomic mass is 19.1. The van der Waals surface area contributed by atoms with Crippen LogP contribution in [0.15, 0.2) is 55.1 Å². The van der Waals surface area contributed by atoms with Gasteiger partial charge < -0.3 is 0 Å². The van der Waals surface area contributed by atoms with Gasteiger partial charge in [-0.1, -0.05) is 36.4 Å². The molecule has 0 amide bonds. The first-order valence-electron chi connectivity index (χ1n) is 8.03. The van der Waals surface area contributed by atoms with E-state index < -0.39 is 6.17 Å². The van der Waals surface area contributed by atoms with E-state index in [1.165, 1.54) is 5.56 Å². The molecular weight excluding hydrogens is 287 g/mol. The fourth-order valence-electron chi connectivity index (χ4n) is 2.28. The summed E-state index contributed by atoms with van der Waals surface area (Å²) in [5.74, 6) is 0. The summed E-state index contributed by atoms with van der Waals surface area (Å²) in [6.07, 6.45) is 8.33. The standard InChI is InChI=1S/C20H23FN2/c1-3-7-17-10-12-18(13-11-17)20-15-14-19(22-23-20)9-6-4-5-8-16(2)21/h3,6,9-16H,1,4-5,7-8H2,2H3/b9-6+. The van der Waals surface area contributed by atoms with Crippen LogP contribution in [0.4, 0.5) is 4.39 Å². The second-order valence-corrected chi connectivity index (χ2v) is 5.65. The summed E-state index contributed by atoms with van der Waals surface area (Å²) in [6, 6.07) is 12.2. The molecule has 0 saturated heterocycles. The van der Waals surface area contributed by atoms with Gasteiger partial charge in [-0.25, -0.2) is 4.39 Å². The minimum atomic E-state index is -0.722. The Balaban J connectivity index is 1.93. The number of benzene rings is 1. The van der Waals surface area contributed by atoms with E-state index in [0.29, 0.717) is 6.42 Å². The fourth-order valence-corrected chi connectivity index (χ4v) is 2.28. The molecule has 0 fully saturated rings. The molecule has 1 unspecified atom stereocenters. The van der Waals surface area contributed by atoms with Gasteiger partial charge in [0, 0.05) is 5.56 Å². The van der Waals surface area contributed by atoms with Crippen LogP contribution < -0.4 is 0 Å². The third-order valence-corrected chi connectivity index (χ3v) is 3.58. The van der Waals surface area contributed by atoms with E-state index in [-0.39, 0.29) is 0 Å². The smallest absolute Gasteiger partial charge is 0.0973 e. The molecule has 3 heteroatoms. The van der Waals surface area contributed by atoms with Gasteiger partial charge in [-0.15, -0.1) is 11.7 Å². The van der Waals surface area contributed by atoms with Crippen molar-refractivity contribution in [3.8, 4) is 11.3 Å². The number of hydrogen-bond acceptors (Lipinski definition) is 2. The van der Waals surface area contributed by atoms with Crippen molar-refractivity contribution < 1.29 is 4.39 Å². The molecule has 2 rings (SSSR count). The quantitative estimate of drug-likeness (QED) is 0.481. The van der Waals surface area contributed by atoms with Crippen LogP contribution in [0.1, 0.15) is 37.4 Å². The van der Waals surface area contributed by atoms with Gasteiger partial charge in [0.2, 0.25) is 0 Å². The van der Waals surface area contributed by atoms with Gasteiger partial charge in [0.15, 0.2) is 0 Å². The van der Waals surface area contributed by atoms with Crippen LogP contribution in [0.3, 0.4) is 0 Å². The zero-order valence-electron chi connectivity index (χ0n) is 13.6. The minimum absolute atomic E-state index is 0.608. The number of allylic oxidation sites excluding steroid dienone is 2. The lowest BCUT2D eigenvalue weighted by Crippen LogP contribution is -1.91. The van der Waals surface area contributed by atoms with Crippen LogP contribution in [-0.2, 0) is 6.42 Å². The fraction of sp³-hybridized carbons (Fsp3) is 0.300. The maximum atomic E-state index is 12.7. The molecule has 2 nitrogen and oxygen atoms in total. The van der Waals surface area contributed by atoms with Crippen molar-refractivity contribution in [2.24, 2.45) is 0 Å². The molecule has 0 aliphatic rings. The van der Waals surface area contributed by atoms with Crippen LogP contribution in [0.5, 0.6) is 0 Å². The predicted molar refractivity (Wildman–Crippen MR) is 94.8 cm³/mol. The Labute approximate surface area is 137 Å². The molecule has 1 heterocycles. The van der Waals surface area contributed by atoms with Crippen molar-refractivity contribution in [2.45, 2.75) is 38.8 Å². The van der Waals surface area contributed by atoms with E-state index in [1.54, 1.807) is 6.92 Å². The second-order valence-electron chi connectivity index (χ2n) is 5.65. The molecule has 0 aliphatic carbocycles. The molecule has 1 aromatic carbocycles. The number of rotatable bonds is 8. The lowest BCUT2D eigenvalue weighted by molar-refractivity contribution is 0.335. The average molecular weight is 310 g/mol. The summed E-state index contributed by atoms with van der Waals surface area (Å²) in [4.78, 5) is 0. The monoisotopic (exact) mass is 310 g/mol. The van der Waals surface area contributed by atoms with Gasteiger partial charge in [0.25, 0.3) is 0 Å². The lowest BCUT2D eigenvalue weighted by atomic mass is 10.1. The predicted octanol–water partition coefficient (Wildman–Crippen LogP) is 5.41. The van der Waals surface area contributed by atoms with Crippen molar-refractivity contribution in [2.75, 3.05) is 0 Å². The van der Waals surface area contributed by atoms with Gasteiger partial charge in [0.1, 0.15) is 0 Å². The Morgan fingerprint density at radius 2 is 1.91 bits per heavy atom. The van der Waals surface area contributed by atoms with Crippen LogP contribution >= 0.6 is 0 Å². The Morgan fingerprint density at radius 3 is 2.52 bits per heavy atom. The van der Waals surface area contributed by atoms with Crippen molar-refractivity contribution >= 4 is 6.08 Å². The van der Waals surface area contributed by atoms with Crippen molar-refractivity contribution in [1.29, 1.82) is 0 Å². The molecule has 0 bridgehead atoms. The van der Waals surface area contributed by atoms with E-state index in [4.69, 9.17) is 0 Å². The molecule has 0 spiro atoms. The van der Waals surface area contributed by atoms with Gasteiger partial charge in [0.05, 0.1) is 17.6 Å². The molecule has 1 aromatic heterocycles. The van der Waals surface area contributed by atoms with Gasteiger partial charge >= 0.3 is 0 Å². The number of unbranched alkanes of at least 4 members (excludes halogenated alkanes) is 1. The zero-order chi connectivity index (χ0) is 16.5. The topological polar surface area (TPSA) is 25.8 Å². The highest BCUT2D eigenvalue weighted by molar-refractivity contribution is 5.60. The Morgan fingerprint density at radius 1 is 1.13 bits per heavy atom. The summed E-state index contributed by atoms with van der Waals surface area (Å²) >= 11 is 0. The molecular formula is C20H23FN2. The number of nitrogens with zero attached hydrogens (tertiary/aromatic N) is 2. The number of hydrogen-bond donors (Lipinski definition) is 0. The second kappa shape index (κ2) is 8.99. The molecule has 23 heavy (non-hydrogen) atoms. The summed E-state index contributed by atoms with van der Waals surface area (Å²) in [7, 11) is 0. The Kier molecular flexibility index (Phi) is 6.67. The van der Waals surface area contributed by atoms with Crippen LogP contribution in [0.25, 0.3) is 17.3 Å². The van der Waals surface area contributed by atoms with Crippen molar-refractivity contribution in [3.63, 3.8) is 0 Å². The Hall–Kier alpha value is -2.29. The van der Waals surface area contributed by atoms with E-state index in [2.05, 4.69) is 41.0 Å². The molecule has 0 radical (unpaired) electrons. The summed E-state index contributed by atoms with van der Waals surface area (Å²) in [6.45, 7) is 5.34. The summed E-state index contributed by atoms with van der Waals surface area (Å²) in [5, 5.41) is 8.49. The molecule has 0 aliphatic heterocycles. The van der Waals surface area contributed by atoms with Crippen molar-refractivity contribution in [1.82, 2.24) is 10.2 Å². The van der Waals surface area contributed by atoms with E-state index in [1.807, 2.05) is 30.4 Å². The zero-order valence-corrected chi connectivity index (χ0v) is 13.6. The minimum Gasteiger partial charge on any atom is -0.248 e. The summed E-state index contributed by atoms with van der Waals surface area (Å²) < 4.78 is 12.7. The van der Waals surface area contributed by atoms with Crippen LogP contribution in [0, 0.1) is 0 Å². The SMILES string of the molecule is C=CCc1ccc(-c2ccc(/C=C/CCCC(C)F)nn2)cc1. The number of halogens is 1. The van der Waals surface area contributed by atoms with E-state index in [9.17, 15) is 4.39 Å². The first kappa shape index (κ1) is 17.1. The summed E-state index contributed by atoms with van der Waals surface area (Å²) in [5.41, 5.74) is 3.97. The maximum Gasteiger partial charge on any atom is 0.0973 e. The number of alkyl halides is 1. The van der Waals surface area contributed by atoms with Gasteiger partial charge in [-0.05, 0) is 56.4 Å². The normalized spacial score (nSPS) is 12.4. The van der Waals surface area contributed by atoms with Gasteiger partial charge in [-0.2, -0.15) is 5.10 Å². The third-order valence-electron chi connectivity index (χ3n) is 3.58. The van der Waals surface area contributed by atoms with E-state index >= 15 is 0 Å². The first-order chi connectivity index (χ1) is 11.2. The molecule has 2 aromatic rings. The van der Waals surface area contributed by atoms with Crippen LogP contribution in [-0.4, -0.2) is 16.4 Å². The molecule has 0 saturated carbocycles. The highest BCUT2D eigenvalue weighted by Crippen LogP contribution is 2.17. The average Bonchev–Trinajstić information content (AvgIpc) is 2.56. The number of aromatic nitrogens is 2. The maximum absolute atomic E-state index is 12.7.